The van der Waals surface area contributed by atoms with E-state index in [2.05, 4.69) is 4.90 Å². The van der Waals surface area contributed by atoms with Gasteiger partial charge in [0.2, 0.25) is 5.91 Å². The molecule has 1 N–H and O–H groups in total. The summed E-state index contributed by atoms with van der Waals surface area (Å²) >= 11 is 0. The molecule has 2 aromatic carbocycles. The third kappa shape index (κ3) is 5.65. The van der Waals surface area contributed by atoms with Gasteiger partial charge in [-0.25, -0.2) is 8.42 Å². The SMILES string of the molecule is CN(C(=O)Cc1ccc(S(C)(=O)=O)cc1)C(CN1CC[C@H](O)C1)c1ccccc1. The van der Waals surface area contributed by atoms with E-state index in [9.17, 15) is 18.3 Å². The van der Waals surface area contributed by atoms with Crippen molar-refractivity contribution in [3.63, 3.8) is 0 Å². The molecule has 7 heteroatoms. The molecule has 0 bridgehead atoms. The van der Waals surface area contributed by atoms with Crippen LogP contribution >= 0.6 is 0 Å². The number of benzene rings is 2. The Morgan fingerprint density at radius 1 is 1.17 bits per heavy atom. The minimum absolute atomic E-state index is 0.0364. The minimum atomic E-state index is -3.25. The van der Waals surface area contributed by atoms with Gasteiger partial charge in [0.15, 0.2) is 9.84 Å². The van der Waals surface area contributed by atoms with E-state index >= 15 is 0 Å². The van der Waals surface area contributed by atoms with Crippen molar-refractivity contribution in [1.82, 2.24) is 9.80 Å². The fraction of sp³-hybridized carbons (Fsp3) is 0.409. The van der Waals surface area contributed by atoms with Gasteiger partial charge in [0.25, 0.3) is 0 Å². The molecule has 0 radical (unpaired) electrons. The third-order valence-corrected chi connectivity index (χ3v) is 6.56. The van der Waals surface area contributed by atoms with Crippen molar-refractivity contribution in [2.75, 3.05) is 32.9 Å². The van der Waals surface area contributed by atoms with Gasteiger partial charge in [-0.15, -0.1) is 0 Å². The highest BCUT2D eigenvalue weighted by atomic mass is 32.2. The van der Waals surface area contributed by atoms with Crippen LogP contribution in [0.15, 0.2) is 59.5 Å². The lowest BCUT2D eigenvalue weighted by atomic mass is 10.0. The molecule has 29 heavy (non-hydrogen) atoms. The molecule has 1 amide bonds. The monoisotopic (exact) mass is 416 g/mol. The fourth-order valence-electron chi connectivity index (χ4n) is 3.68. The Balaban J connectivity index is 1.74. The topological polar surface area (TPSA) is 77.9 Å². The maximum Gasteiger partial charge on any atom is 0.227 e. The number of hydrogen-bond acceptors (Lipinski definition) is 5. The van der Waals surface area contributed by atoms with Gasteiger partial charge in [0.05, 0.1) is 23.5 Å². The van der Waals surface area contributed by atoms with Crippen molar-refractivity contribution in [2.24, 2.45) is 0 Å². The molecule has 0 saturated carbocycles. The molecule has 156 valence electrons. The predicted octanol–water partition coefficient (Wildman–Crippen LogP) is 1.90. The van der Waals surface area contributed by atoms with Gasteiger partial charge in [0, 0.05) is 32.9 Å². The highest BCUT2D eigenvalue weighted by molar-refractivity contribution is 7.90. The van der Waals surface area contributed by atoms with E-state index in [4.69, 9.17) is 0 Å². The lowest BCUT2D eigenvalue weighted by Gasteiger charge is -2.32. The van der Waals surface area contributed by atoms with Crippen molar-refractivity contribution in [2.45, 2.75) is 29.9 Å². The molecule has 1 saturated heterocycles. The predicted molar refractivity (Wildman–Crippen MR) is 112 cm³/mol. The molecular formula is C22H28N2O4S. The van der Waals surface area contributed by atoms with E-state index in [1.165, 1.54) is 18.4 Å². The average molecular weight is 417 g/mol. The van der Waals surface area contributed by atoms with Crippen LogP contribution in [0.4, 0.5) is 0 Å². The summed E-state index contributed by atoms with van der Waals surface area (Å²) in [7, 11) is -1.45. The zero-order chi connectivity index (χ0) is 21.0. The van der Waals surface area contributed by atoms with Crippen molar-refractivity contribution in [1.29, 1.82) is 0 Å². The smallest absolute Gasteiger partial charge is 0.227 e. The Bertz CT molecular complexity index is 929. The van der Waals surface area contributed by atoms with Gasteiger partial charge in [-0.2, -0.15) is 0 Å². The summed E-state index contributed by atoms with van der Waals surface area (Å²) in [6.45, 7) is 2.11. The van der Waals surface area contributed by atoms with E-state index in [-0.39, 0.29) is 29.4 Å². The van der Waals surface area contributed by atoms with Crippen LogP contribution in [0.1, 0.15) is 23.6 Å². The number of likely N-dealkylation sites (tertiary alicyclic amines) is 1. The number of aliphatic hydroxyl groups excluding tert-OH is 1. The fourth-order valence-corrected chi connectivity index (χ4v) is 4.31. The van der Waals surface area contributed by atoms with Crippen LogP contribution in [0.3, 0.4) is 0 Å². The second-order valence-corrected chi connectivity index (χ2v) is 9.74. The van der Waals surface area contributed by atoms with Crippen molar-refractivity contribution >= 4 is 15.7 Å². The Hall–Kier alpha value is -2.22. The average Bonchev–Trinajstić information content (AvgIpc) is 3.11. The zero-order valence-electron chi connectivity index (χ0n) is 16.9. The Morgan fingerprint density at radius 2 is 1.83 bits per heavy atom. The number of sulfone groups is 1. The first-order valence-electron chi connectivity index (χ1n) is 9.74. The maximum absolute atomic E-state index is 13.0. The van der Waals surface area contributed by atoms with Crippen molar-refractivity contribution in [3.05, 3.63) is 65.7 Å². The van der Waals surface area contributed by atoms with E-state index in [0.717, 1.165) is 24.1 Å². The van der Waals surface area contributed by atoms with Crippen LogP contribution in [0.5, 0.6) is 0 Å². The number of nitrogens with zero attached hydrogens (tertiary/aromatic N) is 2. The molecule has 6 nitrogen and oxygen atoms in total. The van der Waals surface area contributed by atoms with E-state index < -0.39 is 9.84 Å². The van der Waals surface area contributed by atoms with Crippen LogP contribution in [0.2, 0.25) is 0 Å². The number of likely N-dealkylation sites (N-methyl/N-ethyl adjacent to an activating group) is 1. The molecule has 2 aromatic rings. The lowest BCUT2D eigenvalue weighted by Crippen LogP contribution is -2.39. The summed E-state index contributed by atoms with van der Waals surface area (Å²) in [5, 5.41) is 9.84. The number of hydrogen-bond donors (Lipinski definition) is 1. The first-order valence-corrected chi connectivity index (χ1v) is 11.6. The van der Waals surface area contributed by atoms with Crippen molar-refractivity contribution in [3.8, 4) is 0 Å². The molecule has 1 aliphatic heterocycles. The van der Waals surface area contributed by atoms with Gasteiger partial charge in [-0.3, -0.25) is 9.69 Å². The molecule has 3 rings (SSSR count). The second-order valence-electron chi connectivity index (χ2n) is 7.73. The van der Waals surface area contributed by atoms with Crippen LogP contribution in [-0.2, 0) is 21.1 Å². The Labute approximate surface area is 172 Å². The third-order valence-electron chi connectivity index (χ3n) is 5.43. The molecule has 2 atom stereocenters. The maximum atomic E-state index is 13.0. The van der Waals surface area contributed by atoms with Gasteiger partial charge in [-0.05, 0) is 29.7 Å². The largest absolute Gasteiger partial charge is 0.392 e. The molecule has 1 aliphatic rings. The number of carbonyl (C=O) groups is 1. The molecule has 1 unspecified atom stereocenters. The Kier molecular flexibility index (Phi) is 6.72. The van der Waals surface area contributed by atoms with Gasteiger partial charge in [0.1, 0.15) is 0 Å². The number of amides is 1. The van der Waals surface area contributed by atoms with Crippen molar-refractivity contribution < 1.29 is 18.3 Å². The number of carbonyl (C=O) groups excluding carboxylic acids is 1. The van der Waals surface area contributed by atoms with Crippen LogP contribution in [0.25, 0.3) is 0 Å². The summed E-state index contributed by atoms with van der Waals surface area (Å²) in [5.41, 5.74) is 1.83. The first-order chi connectivity index (χ1) is 13.7. The van der Waals surface area contributed by atoms with Crippen LogP contribution in [-0.4, -0.2) is 68.3 Å². The standard InChI is InChI=1S/C22H28N2O4S/c1-23(22(26)14-17-8-10-20(11-9-17)29(2,27)28)21(18-6-4-3-5-7-18)16-24-13-12-19(25)15-24/h3-11,19,21,25H,12-16H2,1-2H3/t19-,21?/m0/s1. The van der Waals surface area contributed by atoms with Crippen LogP contribution < -0.4 is 0 Å². The second kappa shape index (κ2) is 9.07. The minimum Gasteiger partial charge on any atom is -0.392 e. The molecule has 1 heterocycles. The van der Waals surface area contributed by atoms with Crippen LogP contribution in [0, 0.1) is 0 Å². The van der Waals surface area contributed by atoms with Gasteiger partial charge in [-0.1, -0.05) is 42.5 Å². The summed E-state index contributed by atoms with van der Waals surface area (Å²) in [5.74, 6) is -0.0364. The number of β-amino-alcohol motifs (C(OH)–C–C–N with tert-alkyl or cyclic N) is 1. The lowest BCUT2D eigenvalue weighted by molar-refractivity contribution is -0.131. The normalized spacial score (nSPS) is 18.5. The van der Waals surface area contributed by atoms with Gasteiger partial charge < -0.3 is 10.0 Å². The summed E-state index contributed by atoms with van der Waals surface area (Å²) < 4.78 is 23.2. The van der Waals surface area contributed by atoms with E-state index in [1.807, 2.05) is 30.3 Å². The molecule has 0 aromatic heterocycles. The summed E-state index contributed by atoms with van der Waals surface area (Å²) in [6, 6.07) is 16.2. The van der Waals surface area contributed by atoms with E-state index in [1.54, 1.807) is 24.1 Å². The highest BCUT2D eigenvalue weighted by Crippen LogP contribution is 2.24. The summed E-state index contributed by atoms with van der Waals surface area (Å²) in [6.07, 6.45) is 1.82. The van der Waals surface area contributed by atoms with E-state index in [0.29, 0.717) is 13.1 Å². The zero-order valence-corrected chi connectivity index (χ0v) is 17.7. The quantitative estimate of drug-likeness (QED) is 0.746. The molecular weight excluding hydrogens is 388 g/mol. The summed E-state index contributed by atoms with van der Waals surface area (Å²) in [4.78, 5) is 17.2. The van der Waals surface area contributed by atoms with Gasteiger partial charge >= 0.3 is 0 Å². The molecule has 0 spiro atoms. The number of aliphatic hydroxyl groups is 1. The number of rotatable bonds is 7. The molecule has 1 fully saturated rings. The highest BCUT2D eigenvalue weighted by Gasteiger charge is 2.28. The molecule has 0 aliphatic carbocycles. The first kappa shape index (κ1) is 21.5. The Morgan fingerprint density at radius 3 is 2.38 bits per heavy atom.